The molecule has 0 radical (unpaired) electrons. The van der Waals surface area contributed by atoms with Crippen molar-refractivity contribution in [1.82, 2.24) is 0 Å². The quantitative estimate of drug-likeness (QED) is 0.529. The van der Waals surface area contributed by atoms with Crippen molar-refractivity contribution >= 4 is 57.4 Å². The Bertz CT molecular complexity index is 937. The number of nitrogens with one attached hydrogen (secondary N) is 1. The van der Waals surface area contributed by atoms with Crippen LogP contribution in [0.1, 0.15) is 16.7 Å². The molecule has 1 aliphatic rings. The van der Waals surface area contributed by atoms with E-state index in [-0.39, 0.29) is 10.7 Å². The van der Waals surface area contributed by atoms with Crippen LogP contribution in [0, 0.1) is 24.3 Å². The Hall–Kier alpha value is -1.86. The van der Waals surface area contributed by atoms with Crippen molar-refractivity contribution in [1.29, 1.82) is 0 Å². The second-order valence-corrected chi connectivity index (χ2v) is 7.63. The Morgan fingerprint density at radius 1 is 0.960 bits per heavy atom. The fraction of sp³-hybridized carbons (Fsp3) is 0.158. The summed E-state index contributed by atoms with van der Waals surface area (Å²) in [5.41, 5.74) is 4.34. The van der Waals surface area contributed by atoms with Gasteiger partial charge in [-0.2, -0.15) is 0 Å². The fourth-order valence-corrected chi connectivity index (χ4v) is 3.65. The standard InChI is InChI=1S/C19H16ClIN2O2/c1-10-4-6-14(11(2)8-10)22-17-16(20)18(24)23(19(17)25)15-7-5-13(21)9-12(15)3/h4-9,22H,1-3H3. The number of hydrogen-bond acceptors (Lipinski definition) is 3. The van der Waals surface area contributed by atoms with Crippen molar-refractivity contribution in [3.63, 3.8) is 0 Å². The topological polar surface area (TPSA) is 49.4 Å². The summed E-state index contributed by atoms with van der Waals surface area (Å²) >= 11 is 8.38. The molecule has 0 saturated heterocycles. The van der Waals surface area contributed by atoms with E-state index in [1.807, 2.05) is 51.1 Å². The SMILES string of the molecule is Cc1ccc(NC2=C(Cl)C(=O)N(c3ccc(I)cc3C)C2=O)c(C)c1. The summed E-state index contributed by atoms with van der Waals surface area (Å²) in [4.78, 5) is 26.5. The maximum absolute atomic E-state index is 12.8. The first-order chi connectivity index (χ1) is 11.8. The van der Waals surface area contributed by atoms with Crippen LogP contribution < -0.4 is 10.2 Å². The van der Waals surface area contributed by atoms with Crippen LogP contribution in [0.15, 0.2) is 47.1 Å². The highest BCUT2D eigenvalue weighted by atomic mass is 127. The van der Waals surface area contributed by atoms with Crippen molar-refractivity contribution in [2.45, 2.75) is 20.8 Å². The third kappa shape index (κ3) is 3.30. The molecule has 2 aromatic carbocycles. The van der Waals surface area contributed by atoms with Crippen LogP contribution in [0.2, 0.25) is 0 Å². The van der Waals surface area contributed by atoms with E-state index in [2.05, 4.69) is 27.9 Å². The lowest BCUT2D eigenvalue weighted by molar-refractivity contribution is -0.120. The summed E-state index contributed by atoms with van der Waals surface area (Å²) in [6.45, 7) is 5.79. The highest BCUT2D eigenvalue weighted by Crippen LogP contribution is 2.33. The summed E-state index contributed by atoms with van der Waals surface area (Å²) in [6.07, 6.45) is 0. The summed E-state index contributed by atoms with van der Waals surface area (Å²) in [5, 5.41) is 2.94. The summed E-state index contributed by atoms with van der Waals surface area (Å²) in [7, 11) is 0. The molecule has 2 amide bonds. The number of anilines is 2. The van der Waals surface area contributed by atoms with Crippen LogP contribution in [0.5, 0.6) is 0 Å². The first-order valence-electron chi connectivity index (χ1n) is 7.68. The highest BCUT2D eigenvalue weighted by molar-refractivity contribution is 14.1. The minimum atomic E-state index is -0.511. The number of rotatable bonds is 3. The zero-order valence-corrected chi connectivity index (χ0v) is 16.9. The molecule has 0 unspecified atom stereocenters. The van der Waals surface area contributed by atoms with E-state index < -0.39 is 11.8 Å². The van der Waals surface area contributed by atoms with E-state index in [9.17, 15) is 9.59 Å². The molecule has 1 aliphatic heterocycles. The molecule has 0 aliphatic carbocycles. The molecule has 4 nitrogen and oxygen atoms in total. The van der Waals surface area contributed by atoms with Gasteiger partial charge in [-0.1, -0.05) is 29.3 Å². The Morgan fingerprint density at radius 2 is 1.68 bits per heavy atom. The summed E-state index contributed by atoms with van der Waals surface area (Å²) < 4.78 is 1.03. The van der Waals surface area contributed by atoms with Gasteiger partial charge in [0.05, 0.1) is 5.69 Å². The van der Waals surface area contributed by atoms with E-state index in [1.165, 1.54) is 0 Å². The normalized spacial score (nSPS) is 14.5. The summed E-state index contributed by atoms with van der Waals surface area (Å²) in [5.74, 6) is -0.956. The molecule has 0 bridgehead atoms. The molecule has 3 rings (SSSR count). The number of carbonyl (C=O) groups excluding carboxylic acids is 2. The second kappa shape index (κ2) is 6.80. The molecule has 0 atom stereocenters. The van der Waals surface area contributed by atoms with Gasteiger partial charge in [0.25, 0.3) is 11.8 Å². The van der Waals surface area contributed by atoms with Crippen LogP contribution >= 0.6 is 34.2 Å². The third-order valence-electron chi connectivity index (χ3n) is 4.07. The lowest BCUT2D eigenvalue weighted by Gasteiger charge is -2.18. The Morgan fingerprint density at radius 3 is 2.32 bits per heavy atom. The van der Waals surface area contributed by atoms with Gasteiger partial charge in [-0.05, 0) is 78.8 Å². The zero-order valence-electron chi connectivity index (χ0n) is 14.0. The minimum absolute atomic E-state index is 0.0945. The molecule has 0 saturated carbocycles. The monoisotopic (exact) mass is 466 g/mol. The molecule has 0 spiro atoms. The van der Waals surface area contributed by atoms with Crippen molar-refractivity contribution in [3.05, 3.63) is 67.4 Å². The molecule has 1 heterocycles. The summed E-state index contributed by atoms with van der Waals surface area (Å²) in [6, 6.07) is 11.3. The third-order valence-corrected chi connectivity index (χ3v) is 5.09. The lowest BCUT2D eigenvalue weighted by Crippen LogP contribution is -2.32. The predicted octanol–water partition coefficient (Wildman–Crippen LogP) is 4.65. The van der Waals surface area contributed by atoms with Gasteiger partial charge in [0, 0.05) is 9.26 Å². The maximum Gasteiger partial charge on any atom is 0.283 e. The Labute approximate surface area is 165 Å². The lowest BCUT2D eigenvalue weighted by atomic mass is 10.1. The molecule has 6 heteroatoms. The van der Waals surface area contributed by atoms with Crippen molar-refractivity contribution in [2.24, 2.45) is 0 Å². The molecular weight excluding hydrogens is 451 g/mol. The number of nitrogens with zero attached hydrogens (tertiary/aromatic N) is 1. The molecule has 1 N–H and O–H groups in total. The smallest absolute Gasteiger partial charge is 0.283 e. The van der Waals surface area contributed by atoms with Gasteiger partial charge in [0.1, 0.15) is 10.7 Å². The number of aryl methyl sites for hydroxylation is 3. The van der Waals surface area contributed by atoms with Gasteiger partial charge in [-0.25, -0.2) is 4.90 Å². The predicted molar refractivity (Wildman–Crippen MR) is 109 cm³/mol. The Balaban J connectivity index is 1.96. The fourth-order valence-electron chi connectivity index (χ4n) is 2.79. The van der Waals surface area contributed by atoms with Crippen LogP contribution in [-0.4, -0.2) is 11.8 Å². The van der Waals surface area contributed by atoms with Crippen molar-refractivity contribution in [3.8, 4) is 0 Å². The number of carbonyl (C=O) groups is 2. The molecule has 0 fully saturated rings. The first-order valence-corrected chi connectivity index (χ1v) is 9.14. The van der Waals surface area contributed by atoms with Gasteiger partial charge in [-0.3, -0.25) is 9.59 Å². The van der Waals surface area contributed by atoms with Gasteiger partial charge in [0.15, 0.2) is 0 Å². The van der Waals surface area contributed by atoms with Crippen molar-refractivity contribution < 1.29 is 9.59 Å². The number of benzene rings is 2. The molecule has 0 aromatic heterocycles. The van der Waals surface area contributed by atoms with Gasteiger partial charge in [0.2, 0.25) is 0 Å². The van der Waals surface area contributed by atoms with Gasteiger partial charge < -0.3 is 5.32 Å². The maximum atomic E-state index is 12.8. The van der Waals surface area contributed by atoms with E-state index in [0.29, 0.717) is 5.69 Å². The van der Waals surface area contributed by atoms with E-state index in [1.54, 1.807) is 6.07 Å². The minimum Gasteiger partial charge on any atom is -0.349 e. The van der Waals surface area contributed by atoms with Crippen LogP contribution in [0.3, 0.4) is 0 Å². The average Bonchev–Trinajstić information content (AvgIpc) is 2.74. The van der Waals surface area contributed by atoms with Crippen LogP contribution in [-0.2, 0) is 9.59 Å². The second-order valence-electron chi connectivity index (χ2n) is 6.01. The van der Waals surface area contributed by atoms with Gasteiger partial charge in [-0.15, -0.1) is 0 Å². The number of hydrogen-bond donors (Lipinski definition) is 1. The van der Waals surface area contributed by atoms with Crippen LogP contribution in [0.4, 0.5) is 11.4 Å². The number of imide groups is 1. The molecule has 128 valence electrons. The van der Waals surface area contributed by atoms with Crippen LogP contribution in [0.25, 0.3) is 0 Å². The Kier molecular flexibility index (Phi) is 4.88. The highest BCUT2D eigenvalue weighted by Gasteiger charge is 2.39. The average molecular weight is 467 g/mol. The van der Waals surface area contributed by atoms with Gasteiger partial charge >= 0.3 is 0 Å². The molecule has 25 heavy (non-hydrogen) atoms. The van der Waals surface area contributed by atoms with E-state index >= 15 is 0 Å². The van der Waals surface area contributed by atoms with E-state index in [0.717, 1.165) is 30.8 Å². The zero-order chi connectivity index (χ0) is 18.3. The molecular formula is C19H16ClIN2O2. The largest absolute Gasteiger partial charge is 0.349 e. The number of halogens is 2. The number of amides is 2. The van der Waals surface area contributed by atoms with E-state index in [4.69, 9.17) is 11.6 Å². The molecule has 2 aromatic rings. The first kappa shape index (κ1) is 17.9. The van der Waals surface area contributed by atoms with Crippen molar-refractivity contribution in [2.75, 3.05) is 10.2 Å².